The quantitative estimate of drug-likeness (QED) is 0.682. The number of benzene rings is 3. The van der Waals surface area contributed by atoms with Gasteiger partial charge < -0.3 is 18.9 Å². The van der Waals surface area contributed by atoms with Crippen molar-refractivity contribution in [2.75, 3.05) is 28.4 Å². The van der Waals surface area contributed by atoms with Crippen molar-refractivity contribution in [1.82, 2.24) is 0 Å². The van der Waals surface area contributed by atoms with Gasteiger partial charge in [0.1, 0.15) is 11.5 Å². The second kappa shape index (κ2) is 5.64. The van der Waals surface area contributed by atoms with Gasteiger partial charge in [-0.25, -0.2) is 0 Å². The van der Waals surface area contributed by atoms with Gasteiger partial charge in [0, 0.05) is 16.8 Å². The van der Waals surface area contributed by atoms with Crippen LogP contribution in [0.2, 0.25) is 0 Å². The first-order chi connectivity index (χ1) is 10.7. The Morgan fingerprint density at radius 2 is 1.36 bits per heavy atom. The number of ether oxygens (including phenoxy) is 4. The Morgan fingerprint density at radius 1 is 0.636 bits per heavy atom. The van der Waals surface area contributed by atoms with Crippen LogP contribution in [0.15, 0.2) is 36.4 Å². The summed E-state index contributed by atoms with van der Waals surface area (Å²) in [5.74, 6) is 2.97. The Hall–Kier alpha value is -2.62. The SMILES string of the molecule is COc1cc(OC)c2c(ccc3c(OC)c(OC)ccc32)c1. The maximum atomic E-state index is 5.56. The zero-order valence-electron chi connectivity index (χ0n) is 13.1. The summed E-state index contributed by atoms with van der Waals surface area (Å²) in [6.45, 7) is 0. The predicted molar refractivity (Wildman–Crippen MR) is 87.7 cm³/mol. The van der Waals surface area contributed by atoms with Crippen LogP contribution >= 0.6 is 0 Å². The molecule has 0 aliphatic heterocycles. The largest absolute Gasteiger partial charge is 0.497 e. The lowest BCUT2D eigenvalue weighted by atomic mass is 10.00. The molecule has 4 heteroatoms. The second-order valence-corrected chi connectivity index (χ2v) is 4.89. The minimum Gasteiger partial charge on any atom is -0.497 e. The van der Waals surface area contributed by atoms with E-state index < -0.39 is 0 Å². The fraction of sp³-hybridized carbons (Fsp3) is 0.222. The first-order valence-corrected chi connectivity index (χ1v) is 6.93. The topological polar surface area (TPSA) is 36.9 Å². The number of hydrogen-bond acceptors (Lipinski definition) is 4. The monoisotopic (exact) mass is 298 g/mol. The zero-order valence-corrected chi connectivity index (χ0v) is 13.1. The zero-order chi connectivity index (χ0) is 15.7. The molecule has 3 aromatic carbocycles. The Labute approximate surface area is 129 Å². The third-order valence-corrected chi connectivity index (χ3v) is 3.84. The molecule has 0 amide bonds. The predicted octanol–water partition coefficient (Wildman–Crippen LogP) is 4.03. The lowest BCUT2D eigenvalue weighted by Gasteiger charge is -2.15. The molecule has 0 radical (unpaired) electrons. The summed E-state index contributed by atoms with van der Waals surface area (Å²) in [6, 6.07) is 11.9. The van der Waals surface area contributed by atoms with E-state index in [1.165, 1.54) is 0 Å². The highest BCUT2D eigenvalue weighted by Gasteiger charge is 2.14. The van der Waals surface area contributed by atoms with E-state index in [0.717, 1.165) is 38.8 Å². The molecular weight excluding hydrogens is 280 g/mol. The van der Waals surface area contributed by atoms with Gasteiger partial charge in [0.2, 0.25) is 0 Å². The van der Waals surface area contributed by atoms with Gasteiger partial charge >= 0.3 is 0 Å². The molecule has 0 saturated carbocycles. The standard InChI is InChI=1S/C18H18O4/c1-19-12-9-11-5-6-14-13(17(11)16(10-12)21-3)7-8-15(20-2)18(14)22-4/h5-10H,1-4H3. The Kier molecular flexibility index (Phi) is 3.67. The van der Waals surface area contributed by atoms with Gasteiger partial charge in [-0.2, -0.15) is 0 Å². The van der Waals surface area contributed by atoms with E-state index in [2.05, 4.69) is 0 Å². The highest BCUT2D eigenvalue weighted by molar-refractivity contribution is 6.13. The molecule has 0 heterocycles. The molecule has 3 aromatic rings. The van der Waals surface area contributed by atoms with E-state index in [1.54, 1.807) is 28.4 Å². The molecule has 114 valence electrons. The third kappa shape index (κ3) is 2.08. The van der Waals surface area contributed by atoms with Crippen LogP contribution in [0.4, 0.5) is 0 Å². The lowest BCUT2D eigenvalue weighted by molar-refractivity contribution is 0.358. The van der Waals surface area contributed by atoms with Crippen molar-refractivity contribution >= 4 is 21.5 Å². The number of rotatable bonds is 4. The first kappa shape index (κ1) is 14.3. The van der Waals surface area contributed by atoms with Crippen molar-refractivity contribution in [3.63, 3.8) is 0 Å². The summed E-state index contributed by atoms with van der Waals surface area (Å²) in [4.78, 5) is 0. The van der Waals surface area contributed by atoms with E-state index >= 15 is 0 Å². The van der Waals surface area contributed by atoms with Gasteiger partial charge in [0.05, 0.1) is 28.4 Å². The van der Waals surface area contributed by atoms with Crippen molar-refractivity contribution in [2.24, 2.45) is 0 Å². The summed E-state index contributed by atoms with van der Waals surface area (Å²) in [6.07, 6.45) is 0. The maximum Gasteiger partial charge on any atom is 0.168 e. The Bertz CT molecular complexity index is 839. The maximum absolute atomic E-state index is 5.56. The molecule has 0 atom stereocenters. The smallest absolute Gasteiger partial charge is 0.168 e. The molecule has 3 rings (SSSR count). The molecule has 0 aromatic heterocycles. The molecule has 0 spiro atoms. The van der Waals surface area contributed by atoms with E-state index in [1.807, 2.05) is 36.4 Å². The highest BCUT2D eigenvalue weighted by Crippen LogP contribution is 2.42. The van der Waals surface area contributed by atoms with Crippen molar-refractivity contribution in [3.8, 4) is 23.0 Å². The van der Waals surface area contributed by atoms with E-state index in [-0.39, 0.29) is 0 Å². The van der Waals surface area contributed by atoms with E-state index in [4.69, 9.17) is 18.9 Å². The molecular formula is C18H18O4. The van der Waals surface area contributed by atoms with Crippen LogP contribution < -0.4 is 18.9 Å². The van der Waals surface area contributed by atoms with Gasteiger partial charge in [-0.3, -0.25) is 0 Å². The van der Waals surface area contributed by atoms with Crippen molar-refractivity contribution < 1.29 is 18.9 Å². The molecule has 0 bridgehead atoms. The molecule has 0 unspecified atom stereocenters. The number of hydrogen-bond donors (Lipinski definition) is 0. The van der Waals surface area contributed by atoms with Crippen LogP contribution in [0.3, 0.4) is 0 Å². The summed E-state index contributed by atoms with van der Waals surface area (Å²) >= 11 is 0. The minimum atomic E-state index is 0.710. The van der Waals surface area contributed by atoms with Gasteiger partial charge in [-0.1, -0.05) is 6.07 Å². The Balaban J connectivity index is 2.45. The molecule has 22 heavy (non-hydrogen) atoms. The summed E-state index contributed by atoms with van der Waals surface area (Å²) in [5, 5.41) is 4.12. The van der Waals surface area contributed by atoms with E-state index in [0.29, 0.717) is 5.75 Å². The van der Waals surface area contributed by atoms with Gasteiger partial charge in [-0.05, 0) is 35.0 Å². The highest BCUT2D eigenvalue weighted by atomic mass is 16.5. The van der Waals surface area contributed by atoms with Crippen LogP contribution in [0.1, 0.15) is 0 Å². The molecule has 0 aliphatic carbocycles. The average molecular weight is 298 g/mol. The fourth-order valence-corrected chi connectivity index (χ4v) is 2.82. The van der Waals surface area contributed by atoms with Gasteiger partial charge in [-0.15, -0.1) is 0 Å². The van der Waals surface area contributed by atoms with Crippen molar-refractivity contribution in [3.05, 3.63) is 36.4 Å². The average Bonchev–Trinajstić information content (AvgIpc) is 2.58. The lowest BCUT2D eigenvalue weighted by Crippen LogP contribution is -1.93. The number of methoxy groups -OCH3 is 4. The summed E-state index contributed by atoms with van der Waals surface area (Å²) < 4.78 is 21.8. The van der Waals surface area contributed by atoms with Crippen molar-refractivity contribution in [2.45, 2.75) is 0 Å². The second-order valence-electron chi connectivity index (χ2n) is 4.89. The summed E-state index contributed by atoms with van der Waals surface area (Å²) in [7, 11) is 6.59. The molecule has 0 aliphatic rings. The molecule has 0 fully saturated rings. The minimum absolute atomic E-state index is 0.710. The molecule has 0 saturated heterocycles. The molecule has 0 N–H and O–H groups in total. The first-order valence-electron chi connectivity index (χ1n) is 6.93. The third-order valence-electron chi connectivity index (χ3n) is 3.84. The van der Waals surface area contributed by atoms with Crippen LogP contribution in [-0.2, 0) is 0 Å². The Morgan fingerprint density at radius 3 is 2.00 bits per heavy atom. The molecule has 4 nitrogen and oxygen atoms in total. The summed E-state index contributed by atoms with van der Waals surface area (Å²) in [5.41, 5.74) is 0. The van der Waals surface area contributed by atoms with Gasteiger partial charge in [0.25, 0.3) is 0 Å². The van der Waals surface area contributed by atoms with E-state index in [9.17, 15) is 0 Å². The number of fused-ring (bicyclic) bond motifs is 3. The van der Waals surface area contributed by atoms with Crippen LogP contribution in [0, 0.1) is 0 Å². The van der Waals surface area contributed by atoms with Crippen LogP contribution in [0.5, 0.6) is 23.0 Å². The normalized spacial score (nSPS) is 10.7. The van der Waals surface area contributed by atoms with Crippen LogP contribution in [-0.4, -0.2) is 28.4 Å². The fourth-order valence-electron chi connectivity index (χ4n) is 2.82. The van der Waals surface area contributed by atoms with Crippen molar-refractivity contribution in [1.29, 1.82) is 0 Å². The van der Waals surface area contributed by atoms with Crippen LogP contribution in [0.25, 0.3) is 21.5 Å². The van der Waals surface area contributed by atoms with Gasteiger partial charge in [0.15, 0.2) is 11.5 Å².